The van der Waals surface area contributed by atoms with E-state index < -0.39 is 18.0 Å². The van der Waals surface area contributed by atoms with Gasteiger partial charge in [-0.05, 0) is 43.2 Å². The minimum absolute atomic E-state index is 0.0442. The van der Waals surface area contributed by atoms with Crippen LogP contribution in [0, 0.1) is 5.92 Å². The van der Waals surface area contributed by atoms with Crippen molar-refractivity contribution in [3.63, 3.8) is 0 Å². The van der Waals surface area contributed by atoms with E-state index in [-0.39, 0.29) is 56.9 Å². The Kier molecular flexibility index (Phi) is 16.5. The van der Waals surface area contributed by atoms with Crippen molar-refractivity contribution in [1.82, 2.24) is 10.6 Å². The Labute approximate surface area is 243 Å². The van der Waals surface area contributed by atoms with Crippen LogP contribution in [0.1, 0.15) is 49.7 Å². The number of hydrogen-bond acceptors (Lipinski definition) is 6. The van der Waals surface area contributed by atoms with Crippen molar-refractivity contribution in [3.05, 3.63) is 97.1 Å². The Morgan fingerprint density at radius 1 is 0.854 bits per heavy atom. The number of unbranched alkanes of at least 4 members (excludes halogenated alkanes) is 2. The number of hydrogen-bond donors (Lipinski definition) is 3. The summed E-state index contributed by atoms with van der Waals surface area (Å²) in [5.41, 5.74) is 1.97. The van der Waals surface area contributed by atoms with Gasteiger partial charge in [-0.2, -0.15) is 0 Å². The number of allylic oxidation sites excluding steroid dienone is 2. The topological polar surface area (TPSA) is 114 Å². The Hall–Kier alpha value is -3.75. The molecule has 3 N–H and O–H groups in total. The monoisotopic (exact) mass is 564 g/mol. The van der Waals surface area contributed by atoms with Gasteiger partial charge < -0.3 is 25.2 Å². The quantitative estimate of drug-likeness (QED) is 0.119. The molecule has 2 aromatic carbocycles. The third-order valence-corrected chi connectivity index (χ3v) is 6.43. The van der Waals surface area contributed by atoms with Gasteiger partial charge >= 0.3 is 5.97 Å². The average molecular weight is 565 g/mol. The first-order chi connectivity index (χ1) is 19.9. The van der Waals surface area contributed by atoms with Crippen LogP contribution in [0.15, 0.2) is 86.0 Å². The van der Waals surface area contributed by atoms with Gasteiger partial charge in [0.1, 0.15) is 6.61 Å². The van der Waals surface area contributed by atoms with Crippen LogP contribution in [0.5, 0.6) is 0 Å². The number of aliphatic hydroxyl groups excluding tert-OH is 1. The Morgan fingerprint density at radius 2 is 1.54 bits per heavy atom. The molecule has 0 saturated heterocycles. The predicted molar refractivity (Wildman–Crippen MR) is 160 cm³/mol. The molecule has 0 radical (unpaired) electrons. The first-order valence-electron chi connectivity index (χ1n) is 14.2. The molecule has 8 nitrogen and oxygen atoms in total. The van der Waals surface area contributed by atoms with Crippen LogP contribution in [-0.4, -0.2) is 54.8 Å². The zero-order valence-electron chi connectivity index (χ0n) is 23.8. The van der Waals surface area contributed by atoms with Crippen molar-refractivity contribution in [3.8, 4) is 0 Å². The van der Waals surface area contributed by atoms with Gasteiger partial charge in [0.05, 0.1) is 37.8 Å². The Balaban J connectivity index is 1.96. The van der Waals surface area contributed by atoms with E-state index in [9.17, 15) is 19.5 Å². The minimum Gasteiger partial charge on any atom is -0.463 e. The van der Waals surface area contributed by atoms with Crippen LogP contribution < -0.4 is 10.6 Å². The molecular weight excluding hydrogens is 520 g/mol. The highest BCUT2D eigenvalue weighted by Gasteiger charge is 2.25. The van der Waals surface area contributed by atoms with E-state index in [1.807, 2.05) is 66.7 Å². The molecule has 0 aliphatic rings. The van der Waals surface area contributed by atoms with Crippen molar-refractivity contribution in [2.24, 2.45) is 5.92 Å². The van der Waals surface area contributed by atoms with Crippen LogP contribution in [0.4, 0.5) is 0 Å². The molecule has 0 bridgehead atoms. The predicted octanol–water partition coefficient (Wildman–Crippen LogP) is 4.28. The lowest BCUT2D eigenvalue weighted by Gasteiger charge is -2.23. The summed E-state index contributed by atoms with van der Waals surface area (Å²) in [4.78, 5) is 38.3. The number of rotatable bonds is 21. The number of ether oxygens (including phenoxy) is 2. The number of nitrogens with one attached hydrogen (secondary N) is 2. The van der Waals surface area contributed by atoms with E-state index in [4.69, 9.17) is 9.47 Å². The summed E-state index contributed by atoms with van der Waals surface area (Å²) in [5, 5.41) is 15.5. The molecule has 222 valence electrons. The fraction of sp³-hybridized carbons (Fsp3) is 0.424. The van der Waals surface area contributed by atoms with Gasteiger partial charge in [0.2, 0.25) is 11.8 Å². The molecule has 0 spiro atoms. The fourth-order valence-corrected chi connectivity index (χ4v) is 4.22. The van der Waals surface area contributed by atoms with Crippen molar-refractivity contribution >= 4 is 17.8 Å². The molecule has 0 aromatic heterocycles. The largest absolute Gasteiger partial charge is 0.463 e. The third kappa shape index (κ3) is 14.4. The standard InChI is InChI=1S/C33H44N2O6/c1-3-5-6-13-19-32(38)41-25-30(24-40-23-27-17-11-8-12-18-27)35-33(39)28(14-4-2)21-31(37)34-29(22-36)20-26-15-9-7-10-16-26/h3-4,7-12,15-18,28-30,36H,1-2,5-6,13-14,19-25H2,(H,34,37)(H,35,39). The first-order valence-corrected chi connectivity index (χ1v) is 14.2. The maximum absolute atomic E-state index is 13.3. The molecule has 0 aliphatic carbocycles. The molecule has 2 rings (SSSR count). The maximum atomic E-state index is 13.3. The van der Waals surface area contributed by atoms with Gasteiger partial charge in [-0.3, -0.25) is 14.4 Å². The number of carbonyl (C=O) groups is 3. The lowest BCUT2D eigenvalue weighted by atomic mass is 9.98. The van der Waals surface area contributed by atoms with E-state index in [0.29, 0.717) is 19.4 Å². The van der Waals surface area contributed by atoms with Crippen LogP contribution in [0.3, 0.4) is 0 Å². The number of amides is 2. The van der Waals surface area contributed by atoms with Crippen molar-refractivity contribution in [1.29, 1.82) is 0 Å². The van der Waals surface area contributed by atoms with Crippen LogP contribution in [0.25, 0.3) is 0 Å². The second kappa shape index (κ2) is 20.2. The minimum atomic E-state index is -0.685. The SMILES string of the molecule is C=CCCCCC(=O)OCC(COCc1ccccc1)NC(=O)C(CC=C)CC(=O)NC(CO)Cc1ccccc1. The summed E-state index contributed by atoms with van der Waals surface area (Å²) >= 11 is 0. The fourth-order valence-electron chi connectivity index (χ4n) is 4.22. The number of benzene rings is 2. The molecular formula is C33H44N2O6. The summed E-state index contributed by atoms with van der Waals surface area (Å²) in [6.45, 7) is 7.61. The van der Waals surface area contributed by atoms with Crippen LogP contribution in [-0.2, 0) is 36.9 Å². The zero-order valence-corrected chi connectivity index (χ0v) is 23.8. The molecule has 0 aliphatic heterocycles. The Bertz CT molecular complexity index is 1060. The molecule has 2 amide bonds. The lowest BCUT2D eigenvalue weighted by molar-refractivity contribution is -0.146. The normalized spacial score (nSPS) is 12.9. The van der Waals surface area contributed by atoms with Gasteiger partial charge in [-0.25, -0.2) is 0 Å². The second-order valence-electron chi connectivity index (χ2n) is 9.99. The molecule has 2 aromatic rings. The van der Waals surface area contributed by atoms with E-state index >= 15 is 0 Å². The summed E-state index contributed by atoms with van der Waals surface area (Å²) < 4.78 is 11.3. The van der Waals surface area contributed by atoms with Crippen LogP contribution in [0.2, 0.25) is 0 Å². The van der Waals surface area contributed by atoms with Gasteiger partial charge in [0, 0.05) is 12.8 Å². The van der Waals surface area contributed by atoms with Gasteiger partial charge in [0.15, 0.2) is 0 Å². The second-order valence-corrected chi connectivity index (χ2v) is 9.99. The summed E-state index contributed by atoms with van der Waals surface area (Å²) in [6.07, 6.45) is 6.75. The number of carbonyl (C=O) groups excluding carboxylic acids is 3. The lowest BCUT2D eigenvalue weighted by Crippen LogP contribution is -2.46. The smallest absolute Gasteiger partial charge is 0.305 e. The van der Waals surface area contributed by atoms with E-state index in [2.05, 4.69) is 23.8 Å². The highest BCUT2D eigenvalue weighted by atomic mass is 16.5. The molecule has 3 unspecified atom stereocenters. The van der Waals surface area contributed by atoms with Gasteiger partial charge in [-0.1, -0.05) is 72.8 Å². The van der Waals surface area contributed by atoms with Gasteiger partial charge in [0.25, 0.3) is 0 Å². The summed E-state index contributed by atoms with van der Waals surface area (Å²) in [6, 6.07) is 18.1. The Morgan fingerprint density at radius 3 is 2.17 bits per heavy atom. The third-order valence-electron chi connectivity index (χ3n) is 6.43. The van der Waals surface area contributed by atoms with E-state index in [1.54, 1.807) is 6.08 Å². The highest BCUT2D eigenvalue weighted by molar-refractivity contribution is 5.86. The zero-order chi connectivity index (χ0) is 29.7. The first kappa shape index (κ1) is 33.5. The summed E-state index contributed by atoms with van der Waals surface area (Å²) in [5.74, 6) is -1.73. The van der Waals surface area contributed by atoms with E-state index in [1.165, 1.54) is 0 Å². The van der Waals surface area contributed by atoms with Crippen molar-refractivity contribution in [2.45, 2.75) is 63.6 Å². The van der Waals surface area contributed by atoms with Crippen molar-refractivity contribution < 1.29 is 29.0 Å². The summed E-state index contributed by atoms with van der Waals surface area (Å²) in [7, 11) is 0. The number of esters is 1. The number of aliphatic hydroxyl groups is 1. The van der Waals surface area contributed by atoms with E-state index in [0.717, 1.165) is 24.0 Å². The molecule has 0 fully saturated rings. The maximum Gasteiger partial charge on any atom is 0.305 e. The molecule has 8 heteroatoms. The molecule has 41 heavy (non-hydrogen) atoms. The molecule has 0 saturated carbocycles. The van der Waals surface area contributed by atoms with Crippen LogP contribution >= 0.6 is 0 Å². The van der Waals surface area contributed by atoms with Gasteiger partial charge in [-0.15, -0.1) is 13.2 Å². The highest BCUT2D eigenvalue weighted by Crippen LogP contribution is 2.12. The average Bonchev–Trinajstić information content (AvgIpc) is 2.98. The molecule has 0 heterocycles. The molecule has 3 atom stereocenters. The van der Waals surface area contributed by atoms with Crippen molar-refractivity contribution in [2.75, 3.05) is 19.8 Å².